The van der Waals surface area contributed by atoms with Crippen LogP contribution in [-0.4, -0.2) is 18.2 Å². The summed E-state index contributed by atoms with van der Waals surface area (Å²) in [6.45, 7) is 0. The van der Waals surface area contributed by atoms with Gasteiger partial charge in [-0.25, -0.2) is 4.39 Å². The molecule has 2 aromatic carbocycles. The summed E-state index contributed by atoms with van der Waals surface area (Å²) < 4.78 is 18.2. The van der Waals surface area contributed by atoms with Crippen LogP contribution >= 0.6 is 11.6 Å². The molecule has 0 aliphatic carbocycles. The maximum atomic E-state index is 13.0. The summed E-state index contributed by atoms with van der Waals surface area (Å²) >= 11 is 5.95. The van der Waals surface area contributed by atoms with Crippen LogP contribution in [0.3, 0.4) is 0 Å². The van der Waals surface area contributed by atoms with Crippen molar-refractivity contribution < 1.29 is 19.0 Å². The third kappa shape index (κ3) is 3.73. The zero-order valence-electron chi connectivity index (χ0n) is 11.3. The normalized spacial score (nSPS) is 12.0. The largest absolute Gasteiger partial charge is 0.496 e. The summed E-state index contributed by atoms with van der Waals surface area (Å²) in [5, 5.41) is 9.93. The molecule has 0 saturated carbocycles. The Morgan fingerprint density at radius 1 is 1.29 bits per heavy atom. The molecule has 0 amide bonds. The SMILES string of the molecule is COc1ccc(Cl)cc1CC(C(=O)O)c1ccc(F)cc1. The summed E-state index contributed by atoms with van der Waals surface area (Å²) in [5.41, 5.74) is 1.23. The molecule has 1 unspecified atom stereocenters. The van der Waals surface area contributed by atoms with Crippen molar-refractivity contribution in [2.45, 2.75) is 12.3 Å². The molecule has 0 aromatic heterocycles. The number of carboxylic acids is 1. The van der Waals surface area contributed by atoms with E-state index in [1.54, 1.807) is 18.2 Å². The van der Waals surface area contributed by atoms with E-state index in [1.165, 1.54) is 31.4 Å². The summed E-state index contributed by atoms with van der Waals surface area (Å²) in [4.78, 5) is 11.5. The molecule has 2 aromatic rings. The highest BCUT2D eigenvalue weighted by molar-refractivity contribution is 6.30. The molecule has 5 heteroatoms. The third-order valence-electron chi connectivity index (χ3n) is 3.24. The average molecular weight is 309 g/mol. The highest BCUT2D eigenvalue weighted by atomic mass is 35.5. The van der Waals surface area contributed by atoms with Gasteiger partial charge >= 0.3 is 5.97 Å². The molecular formula is C16H14ClFO3. The van der Waals surface area contributed by atoms with E-state index >= 15 is 0 Å². The maximum Gasteiger partial charge on any atom is 0.311 e. The molecular weight excluding hydrogens is 295 g/mol. The zero-order chi connectivity index (χ0) is 15.4. The van der Waals surface area contributed by atoms with Gasteiger partial charge in [-0.05, 0) is 47.9 Å². The molecule has 0 fully saturated rings. The lowest BCUT2D eigenvalue weighted by atomic mass is 9.91. The Hall–Kier alpha value is -2.07. The molecule has 110 valence electrons. The van der Waals surface area contributed by atoms with Gasteiger partial charge in [-0.3, -0.25) is 4.79 Å². The van der Waals surface area contributed by atoms with Crippen LogP contribution in [0.4, 0.5) is 4.39 Å². The van der Waals surface area contributed by atoms with Crippen molar-refractivity contribution >= 4 is 17.6 Å². The fourth-order valence-electron chi connectivity index (χ4n) is 2.17. The van der Waals surface area contributed by atoms with Gasteiger partial charge in [0, 0.05) is 5.02 Å². The summed E-state index contributed by atoms with van der Waals surface area (Å²) in [5.74, 6) is -1.60. The Balaban J connectivity index is 2.35. The lowest BCUT2D eigenvalue weighted by Gasteiger charge is -2.15. The first-order valence-corrected chi connectivity index (χ1v) is 6.69. The molecule has 0 saturated heterocycles. The minimum atomic E-state index is -0.983. The van der Waals surface area contributed by atoms with Gasteiger partial charge in [0.1, 0.15) is 11.6 Å². The Kier molecular flexibility index (Phi) is 4.81. The molecule has 0 radical (unpaired) electrons. The van der Waals surface area contributed by atoms with E-state index in [0.29, 0.717) is 21.9 Å². The van der Waals surface area contributed by atoms with Crippen LogP contribution in [0.25, 0.3) is 0 Å². The zero-order valence-corrected chi connectivity index (χ0v) is 12.1. The number of aliphatic carboxylic acids is 1. The number of rotatable bonds is 5. The van der Waals surface area contributed by atoms with E-state index < -0.39 is 17.7 Å². The van der Waals surface area contributed by atoms with Crippen molar-refractivity contribution in [2.75, 3.05) is 7.11 Å². The van der Waals surface area contributed by atoms with Crippen LogP contribution in [0.15, 0.2) is 42.5 Å². The van der Waals surface area contributed by atoms with Crippen molar-refractivity contribution in [1.82, 2.24) is 0 Å². The van der Waals surface area contributed by atoms with E-state index in [2.05, 4.69) is 0 Å². The van der Waals surface area contributed by atoms with Crippen LogP contribution in [0.1, 0.15) is 17.0 Å². The highest BCUT2D eigenvalue weighted by Crippen LogP contribution is 2.29. The quantitative estimate of drug-likeness (QED) is 0.911. The molecule has 21 heavy (non-hydrogen) atoms. The average Bonchev–Trinajstić information content (AvgIpc) is 2.46. The second-order valence-corrected chi connectivity index (χ2v) is 5.04. The third-order valence-corrected chi connectivity index (χ3v) is 3.47. The number of hydrogen-bond acceptors (Lipinski definition) is 2. The first kappa shape index (κ1) is 15.3. The smallest absolute Gasteiger partial charge is 0.311 e. The van der Waals surface area contributed by atoms with Crippen molar-refractivity contribution in [3.8, 4) is 5.75 Å². The molecule has 2 rings (SSSR count). The van der Waals surface area contributed by atoms with Crippen LogP contribution in [0, 0.1) is 5.82 Å². The summed E-state index contributed by atoms with van der Waals surface area (Å²) in [6, 6.07) is 10.5. The number of halogens is 2. The monoisotopic (exact) mass is 308 g/mol. The van der Waals surface area contributed by atoms with E-state index in [-0.39, 0.29) is 6.42 Å². The molecule has 0 aliphatic heterocycles. The van der Waals surface area contributed by atoms with E-state index in [4.69, 9.17) is 16.3 Å². The van der Waals surface area contributed by atoms with E-state index in [0.717, 1.165) is 0 Å². The number of hydrogen-bond donors (Lipinski definition) is 1. The summed E-state index contributed by atoms with van der Waals surface area (Å²) in [6.07, 6.45) is 0.213. The first-order chi connectivity index (χ1) is 10.0. The van der Waals surface area contributed by atoms with Gasteiger partial charge < -0.3 is 9.84 Å². The van der Waals surface area contributed by atoms with Crippen molar-refractivity contribution in [1.29, 1.82) is 0 Å². The topological polar surface area (TPSA) is 46.5 Å². The minimum Gasteiger partial charge on any atom is -0.496 e. The highest BCUT2D eigenvalue weighted by Gasteiger charge is 2.22. The number of benzene rings is 2. The van der Waals surface area contributed by atoms with Gasteiger partial charge in [-0.2, -0.15) is 0 Å². The van der Waals surface area contributed by atoms with Gasteiger partial charge in [0.05, 0.1) is 13.0 Å². The van der Waals surface area contributed by atoms with Crippen molar-refractivity contribution in [3.63, 3.8) is 0 Å². The number of carboxylic acid groups (broad SMARTS) is 1. The van der Waals surface area contributed by atoms with Crippen LogP contribution in [0.5, 0.6) is 5.75 Å². The Morgan fingerprint density at radius 3 is 2.52 bits per heavy atom. The van der Waals surface area contributed by atoms with Crippen molar-refractivity contribution in [3.05, 3.63) is 64.4 Å². The van der Waals surface area contributed by atoms with Crippen LogP contribution < -0.4 is 4.74 Å². The Morgan fingerprint density at radius 2 is 1.95 bits per heavy atom. The van der Waals surface area contributed by atoms with Crippen LogP contribution in [-0.2, 0) is 11.2 Å². The fraction of sp³-hybridized carbons (Fsp3) is 0.188. The standard InChI is InChI=1S/C16H14ClFO3/c1-21-15-7-4-12(17)8-11(15)9-14(16(19)20)10-2-5-13(18)6-3-10/h2-8,14H,9H2,1H3,(H,19,20). The fourth-order valence-corrected chi connectivity index (χ4v) is 2.36. The molecule has 0 bridgehead atoms. The van der Waals surface area contributed by atoms with Gasteiger partial charge in [0.2, 0.25) is 0 Å². The molecule has 0 heterocycles. The lowest BCUT2D eigenvalue weighted by Crippen LogP contribution is -2.15. The second-order valence-electron chi connectivity index (χ2n) is 4.60. The molecule has 0 spiro atoms. The molecule has 1 N–H and O–H groups in total. The molecule has 0 aliphatic rings. The number of carbonyl (C=O) groups is 1. The Bertz CT molecular complexity index is 640. The molecule has 3 nitrogen and oxygen atoms in total. The van der Waals surface area contributed by atoms with E-state index in [1.807, 2.05) is 0 Å². The maximum absolute atomic E-state index is 13.0. The predicted octanol–water partition coefficient (Wildman–Crippen LogP) is 3.90. The van der Waals surface area contributed by atoms with Gasteiger partial charge in [0.25, 0.3) is 0 Å². The van der Waals surface area contributed by atoms with E-state index in [9.17, 15) is 14.3 Å². The molecule has 1 atom stereocenters. The lowest BCUT2D eigenvalue weighted by molar-refractivity contribution is -0.138. The van der Waals surface area contributed by atoms with Gasteiger partial charge in [-0.15, -0.1) is 0 Å². The van der Waals surface area contributed by atoms with Gasteiger partial charge in [0.15, 0.2) is 0 Å². The predicted molar refractivity (Wildman–Crippen MR) is 78.5 cm³/mol. The number of ether oxygens (including phenoxy) is 1. The minimum absolute atomic E-state index is 0.213. The first-order valence-electron chi connectivity index (χ1n) is 6.32. The Labute approximate surface area is 126 Å². The van der Waals surface area contributed by atoms with Gasteiger partial charge in [-0.1, -0.05) is 23.7 Å². The second kappa shape index (κ2) is 6.59. The number of methoxy groups -OCH3 is 1. The van der Waals surface area contributed by atoms with Crippen LogP contribution in [0.2, 0.25) is 5.02 Å². The summed E-state index contributed by atoms with van der Waals surface area (Å²) in [7, 11) is 1.51. The van der Waals surface area contributed by atoms with Crippen molar-refractivity contribution in [2.24, 2.45) is 0 Å².